The number of rotatable bonds is 5. The Bertz CT molecular complexity index is 545. The summed E-state index contributed by atoms with van der Waals surface area (Å²) < 4.78 is 5.33. The fraction of sp³-hybridized carbons (Fsp3) is 0.643. The monoisotopic (exact) mass is 292 g/mol. The predicted molar refractivity (Wildman–Crippen MR) is 77.9 cm³/mol. The minimum absolute atomic E-state index is 0.668. The van der Waals surface area contributed by atoms with Crippen molar-refractivity contribution in [1.29, 1.82) is 0 Å². The molecule has 1 aliphatic rings. The molecule has 1 N–H and O–H groups in total. The average Bonchev–Trinajstić information content (AvgIpc) is 3.08. The SMILES string of the molecule is Cc1nc(Cc2noc(CCC3CCNCC3)n2)cs1. The first-order chi connectivity index (χ1) is 9.79. The maximum Gasteiger partial charge on any atom is 0.226 e. The molecule has 0 aromatic carbocycles. The number of piperidine rings is 1. The largest absolute Gasteiger partial charge is 0.339 e. The summed E-state index contributed by atoms with van der Waals surface area (Å²) in [5, 5.41) is 10.6. The third-order valence-corrected chi connectivity index (χ3v) is 4.56. The van der Waals surface area contributed by atoms with Gasteiger partial charge in [-0.2, -0.15) is 4.98 Å². The Morgan fingerprint density at radius 2 is 2.20 bits per heavy atom. The van der Waals surface area contributed by atoms with E-state index in [0.29, 0.717) is 6.42 Å². The molecule has 6 heteroatoms. The zero-order valence-electron chi connectivity index (χ0n) is 11.8. The Morgan fingerprint density at radius 1 is 1.35 bits per heavy atom. The van der Waals surface area contributed by atoms with Gasteiger partial charge in [-0.1, -0.05) is 5.16 Å². The second kappa shape index (κ2) is 6.45. The van der Waals surface area contributed by atoms with Crippen LogP contribution in [0.3, 0.4) is 0 Å². The Hall–Kier alpha value is -1.27. The molecule has 0 aliphatic carbocycles. The van der Waals surface area contributed by atoms with Crippen LogP contribution < -0.4 is 5.32 Å². The number of nitrogens with zero attached hydrogens (tertiary/aromatic N) is 3. The van der Waals surface area contributed by atoms with E-state index in [2.05, 4.69) is 25.8 Å². The van der Waals surface area contributed by atoms with Crippen LogP contribution in [-0.4, -0.2) is 28.2 Å². The van der Waals surface area contributed by atoms with Crippen LogP contribution in [-0.2, 0) is 12.8 Å². The molecular weight excluding hydrogens is 272 g/mol. The third kappa shape index (κ3) is 3.64. The fourth-order valence-corrected chi connectivity index (χ4v) is 3.23. The highest BCUT2D eigenvalue weighted by atomic mass is 32.1. The second-order valence-corrected chi connectivity index (χ2v) is 6.43. The van der Waals surface area contributed by atoms with Crippen molar-refractivity contribution in [1.82, 2.24) is 20.4 Å². The van der Waals surface area contributed by atoms with E-state index in [-0.39, 0.29) is 0 Å². The number of nitrogens with one attached hydrogen (secondary N) is 1. The quantitative estimate of drug-likeness (QED) is 0.916. The fourth-order valence-electron chi connectivity index (χ4n) is 2.61. The standard InChI is InChI=1S/C14H20N4OS/c1-10-16-12(9-20-10)8-13-17-14(19-18-13)3-2-11-4-6-15-7-5-11/h9,11,15H,2-8H2,1H3. The van der Waals surface area contributed by atoms with Crippen LogP contribution >= 0.6 is 11.3 Å². The van der Waals surface area contributed by atoms with Gasteiger partial charge in [0.25, 0.3) is 0 Å². The van der Waals surface area contributed by atoms with Gasteiger partial charge >= 0.3 is 0 Å². The summed E-state index contributed by atoms with van der Waals surface area (Å²) in [6, 6.07) is 0. The van der Waals surface area contributed by atoms with Crippen LogP contribution in [0, 0.1) is 12.8 Å². The van der Waals surface area contributed by atoms with Crippen LogP contribution in [0.25, 0.3) is 0 Å². The first-order valence-electron chi connectivity index (χ1n) is 7.23. The normalized spacial score (nSPS) is 16.6. The van der Waals surface area contributed by atoms with Crippen LogP contribution in [0.5, 0.6) is 0 Å². The van der Waals surface area contributed by atoms with Gasteiger partial charge in [-0.3, -0.25) is 0 Å². The summed E-state index contributed by atoms with van der Waals surface area (Å²) in [5.74, 6) is 2.31. The maximum atomic E-state index is 5.33. The van der Waals surface area contributed by atoms with Crippen molar-refractivity contribution >= 4 is 11.3 Å². The van der Waals surface area contributed by atoms with Crippen molar-refractivity contribution in [2.75, 3.05) is 13.1 Å². The Morgan fingerprint density at radius 3 is 2.95 bits per heavy atom. The molecule has 1 fully saturated rings. The van der Waals surface area contributed by atoms with E-state index in [1.54, 1.807) is 11.3 Å². The number of aromatic nitrogens is 3. The van der Waals surface area contributed by atoms with Crippen LogP contribution in [0.2, 0.25) is 0 Å². The zero-order chi connectivity index (χ0) is 13.8. The predicted octanol–water partition coefficient (Wildman–Crippen LogP) is 2.36. The Labute approximate surface area is 122 Å². The lowest BCUT2D eigenvalue weighted by Crippen LogP contribution is -2.27. The van der Waals surface area contributed by atoms with Gasteiger partial charge in [0.05, 0.1) is 17.1 Å². The molecule has 1 saturated heterocycles. The van der Waals surface area contributed by atoms with Crippen LogP contribution in [0.4, 0.5) is 0 Å². The molecule has 1 aliphatic heterocycles. The van der Waals surface area contributed by atoms with Crippen molar-refractivity contribution < 1.29 is 4.52 Å². The van der Waals surface area contributed by atoms with Gasteiger partial charge in [-0.15, -0.1) is 11.3 Å². The third-order valence-electron chi connectivity index (χ3n) is 3.74. The molecule has 0 unspecified atom stereocenters. The van der Waals surface area contributed by atoms with Gasteiger partial charge in [-0.05, 0) is 45.2 Å². The van der Waals surface area contributed by atoms with Crippen molar-refractivity contribution in [3.8, 4) is 0 Å². The van der Waals surface area contributed by atoms with Gasteiger partial charge in [0.2, 0.25) is 5.89 Å². The van der Waals surface area contributed by atoms with Gasteiger partial charge in [0, 0.05) is 11.8 Å². The molecule has 0 bridgehead atoms. The molecule has 20 heavy (non-hydrogen) atoms. The summed E-state index contributed by atoms with van der Waals surface area (Å²) in [7, 11) is 0. The highest BCUT2D eigenvalue weighted by Crippen LogP contribution is 2.18. The van der Waals surface area contributed by atoms with Gasteiger partial charge < -0.3 is 9.84 Å². The summed E-state index contributed by atoms with van der Waals surface area (Å²) in [5.41, 5.74) is 1.03. The minimum Gasteiger partial charge on any atom is -0.339 e. The highest BCUT2D eigenvalue weighted by molar-refractivity contribution is 7.09. The Kier molecular flexibility index (Phi) is 4.42. The topological polar surface area (TPSA) is 63.8 Å². The van der Waals surface area contributed by atoms with E-state index in [9.17, 15) is 0 Å². The van der Waals surface area contributed by atoms with Crippen molar-refractivity contribution in [3.05, 3.63) is 27.8 Å². The van der Waals surface area contributed by atoms with E-state index < -0.39 is 0 Å². The number of hydrogen-bond acceptors (Lipinski definition) is 6. The molecule has 3 heterocycles. The minimum atomic E-state index is 0.668. The van der Waals surface area contributed by atoms with Gasteiger partial charge in [0.15, 0.2) is 5.82 Å². The molecule has 2 aromatic heterocycles. The number of aryl methyl sites for hydroxylation is 2. The summed E-state index contributed by atoms with van der Waals surface area (Å²) >= 11 is 1.66. The van der Waals surface area contributed by atoms with Gasteiger partial charge in [0.1, 0.15) is 0 Å². The molecule has 5 nitrogen and oxygen atoms in total. The lowest BCUT2D eigenvalue weighted by Gasteiger charge is -2.21. The summed E-state index contributed by atoms with van der Waals surface area (Å²) in [6.45, 7) is 4.29. The molecular formula is C14H20N4OS. The van der Waals surface area contributed by atoms with E-state index in [0.717, 1.165) is 54.3 Å². The van der Waals surface area contributed by atoms with Crippen molar-refractivity contribution in [3.63, 3.8) is 0 Å². The van der Waals surface area contributed by atoms with E-state index in [1.165, 1.54) is 12.8 Å². The molecule has 0 spiro atoms. The smallest absolute Gasteiger partial charge is 0.226 e. The molecule has 0 atom stereocenters. The molecule has 0 radical (unpaired) electrons. The van der Waals surface area contributed by atoms with E-state index >= 15 is 0 Å². The molecule has 0 saturated carbocycles. The van der Waals surface area contributed by atoms with Crippen LogP contribution in [0.15, 0.2) is 9.90 Å². The molecule has 3 rings (SSSR count). The average molecular weight is 292 g/mol. The van der Waals surface area contributed by atoms with Crippen LogP contribution in [0.1, 0.15) is 41.7 Å². The second-order valence-electron chi connectivity index (χ2n) is 5.37. The number of thiazole rings is 1. The van der Waals surface area contributed by atoms with Gasteiger partial charge in [-0.25, -0.2) is 4.98 Å². The maximum absolute atomic E-state index is 5.33. The number of hydrogen-bond donors (Lipinski definition) is 1. The lowest BCUT2D eigenvalue weighted by molar-refractivity contribution is 0.323. The molecule has 2 aromatic rings. The molecule has 108 valence electrons. The summed E-state index contributed by atoms with van der Waals surface area (Å²) in [4.78, 5) is 8.89. The first kappa shape index (κ1) is 13.7. The first-order valence-corrected chi connectivity index (χ1v) is 8.11. The van der Waals surface area contributed by atoms with E-state index in [4.69, 9.17) is 4.52 Å². The highest BCUT2D eigenvalue weighted by Gasteiger charge is 2.15. The summed E-state index contributed by atoms with van der Waals surface area (Å²) in [6.07, 6.45) is 5.24. The lowest BCUT2D eigenvalue weighted by atomic mass is 9.93. The molecule has 0 amide bonds. The van der Waals surface area contributed by atoms with Crippen molar-refractivity contribution in [2.45, 2.75) is 39.0 Å². The van der Waals surface area contributed by atoms with E-state index in [1.807, 2.05) is 6.92 Å². The zero-order valence-corrected chi connectivity index (χ0v) is 12.6. The Balaban J connectivity index is 1.51. The van der Waals surface area contributed by atoms with Crippen molar-refractivity contribution in [2.24, 2.45) is 5.92 Å².